The van der Waals surface area contributed by atoms with Crippen molar-refractivity contribution in [2.75, 3.05) is 0 Å². The minimum Gasteiger partial charge on any atom is -0.258 e. The molecule has 0 radical (unpaired) electrons. The maximum absolute atomic E-state index is 5.99. The first-order valence-electron chi connectivity index (χ1n) is 5.27. The lowest BCUT2D eigenvalue weighted by Gasteiger charge is -2.11. The van der Waals surface area contributed by atoms with E-state index in [4.69, 9.17) is 11.6 Å². The van der Waals surface area contributed by atoms with E-state index in [1.54, 1.807) is 0 Å². The van der Waals surface area contributed by atoms with E-state index < -0.39 is 0 Å². The summed E-state index contributed by atoms with van der Waals surface area (Å²) in [6.07, 6.45) is 3.70. The number of hydrogen-bond donors (Lipinski definition) is 0. The largest absolute Gasteiger partial charge is 0.258 e. The van der Waals surface area contributed by atoms with Gasteiger partial charge < -0.3 is 0 Å². The van der Waals surface area contributed by atoms with E-state index in [9.17, 15) is 0 Å². The normalized spacial score (nSPS) is 12.9. The van der Waals surface area contributed by atoms with Gasteiger partial charge in [0.2, 0.25) is 0 Å². The average molecular weight is 212 g/mol. The molecule has 0 aliphatic heterocycles. The fourth-order valence-electron chi connectivity index (χ4n) is 1.56. The first-order chi connectivity index (χ1) is 6.63. The Morgan fingerprint density at radius 3 is 2.71 bits per heavy atom. The van der Waals surface area contributed by atoms with Gasteiger partial charge in [-0.25, -0.2) is 0 Å². The highest BCUT2D eigenvalue weighted by molar-refractivity contribution is 6.30. The molecule has 1 aromatic rings. The molecular formula is C12H18ClN. The van der Waals surface area contributed by atoms with E-state index in [0.29, 0.717) is 5.92 Å². The van der Waals surface area contributed by atoms with E-state index in [1.165, 1.54) is 19.3 Å². The van der Waals surface area contributed by atoms with Crippen molar-refractivity contribution in [2.45, 2.75) is 46.0 Å². The van der Waals surface area contributed by atoms with Crippen LogP contribution in [0.5, 0.6) is 0 Å². The van der Waals surface area contributed by atoms with Crippen LogP contribution in [-0.4, -0.2) is 4.98 Å². The van der Waals surface area contributed by atoms with Crippen LogP contribution in [0.4, 0.5) is 0 Å². The summed E-state index contributed by atoms with van der Waals surface area (Å²) >= 11 is 5.99. The molecule has 1 aromatic heterocycles. The molecule has 0 spiro atoms. The summed E-state index contributed by atoms with van der Waals surface area (Å²) in [6.45, 7) is 6.42. The summed E-state index contributed by atoms with van der Waals surface area (Å²) in [5.41, 5.74) is 2.14. The molecule has 1 nitrogen and oxygen atoms in total. The highest BCUT2D eigenvalue weighted by Gasteiger charge is 2.07. The second-order valence-electron chi connectivity index (χ2n) is 3.89. The Balaban J connectivity index is 2.73. The van der Waals surface area contributed by atoms with Crippen molar-refractivity contribution in [1.29, 1.82) is 0 Å². The third-order valence-corrected chi connectivity index (χ3v) is 2.65. The van der Waals surface area contributed by atoms with Crippen LogP contribution in [0.1, 0.15) is 50.4 Å². The van der Waals surface area contributed by atoms with E-state index in [1.807, 2.05) is 19.1 Å². The highest BCUT2D eigenvalue weighted by Crippen LogP contribution is 2.22. The molecule has 1 rings (SSSR count). The Labute approximate surface area is 91.5 Å². The van der Waals surface area contributed by atoms with Gasteiger partial charge in [0.1, 0.15) is 0 Å². The van der Waals surface area contributed by atoms with E-state index >= 15 is 0 Å². The lowest BCUT2D eigenvalue weighted by atomic mass is 10.00. The summed E-state index contributed by atoms with van der Waals surface area (Å²) in [6, 6.07) is 3.88. The Morgan fingerprint density at radius 2 is 2.14 bits per heavy atom. The average Bonchev–Trinajstić information content (AvgIpc) is 2.12. The lowest BCUT2D eigenvalue weighted by Crippen LogP contribution is -1.98. The van der Waals surface area contributed by atoms with Gasteiger partial charge in [-0.15, -0.1) is 0 Å². The predicted molar refractivity (Wildman–Crippen MR) is 61.9 cm³/mol. The molecule has 0 aromatic carbocycles. The van der Waals surface area contributed by atoms with Crippen molar-refractivity contribution in [2.24, 2.45) is 0 Å². The molecule has 0 aliphatic rings. The summed E-state index contributed by atoms with van der Waals surface area (Å²) < 4.78 is 0. The van der Waals surface area contributed by atoms with Crippen LogP contribution in [0.3, 0.4) is 0 Å². The quantitative estimate of drug-likeness (QED) is 0.722. The maximum Gasteiger partial charge on any atom is 0.0449 e. The SMILES string of the molecule is CCCC[C@@H](C)c1cc(Cl)cc(C)n1. The topological polar surface area (TPSA) is 12.9 Å². The van der Waals surface area contributed by atoms with Gasteiger partial charge in [0.05, 0.1) is 0 Å². The Bertz CT molecular complexity index is 276. The predicted octanol–water partition coefficient (Wildman–Crippen LogP) is 4.34. The molecule has 1 atom stereocenters. The zero-order valence-corrected chi connectivity index (χ0v) is 9.93. The molecule has 78 valence electrons. The third-order valence-electron chi connectivity index (χ3n) is 2.43. The molecule has 2 heteroatoms. The Morgan fingerprint density at radius 1 is 1.43 bits per heavy atom. The number of rotatable bonds is 4. The van der Waals surface area contributed by atoms with Crippen molar-refractivity contribution in [3.05, 3.63) is 28.5 Å². The molecule has 0 N–H and O–H groups in total. The summed E-state index contributed by atoms with van der Waals surface area (Å²) in [5.74, 6) is 0.521. The van der Waals surface area contributed by atoms with Crippen molar-refractivity contribution >= 4 is 11.6 Å². The van der Waals surface area contributed by atoms with Gasteiger partial charge in [0.15, 0.2) is 0 Å². The fraction of sp³-hybridized carbons (Fsp3) is 0.583. The fourth-order valence-corrected chi connectivity index (χ4v) is 1.83. The van der Waals surface area contributed by atoms with E-state index in [0.717, 1.165) is 16.4 Å². The van der Waals surface area contributed by atoms with Crippen LogP contribution >= 0.6 is 11.6 Å². The minimum absolute atomic E-state index is 0.521. The van der Waals surface area contributed by atoms with Crippen LogP contribution in [0.15, 0.2) is 12.1 Å². The van der Waals surface area contributed by atoms with Gasteiger partial charge in [-0.1, -0.05) is 38.3 Å². The molecule has 0 saturated carbocycles. The third kappa shape index (κ3) is 3.30. The van der Waals surface area contributed by atoms with Crippen LogP contribution in [-0.2, 0) is 0 Å². The first kappa shape index (κ1) is 11.5. The van der Waals surface area contributed by atoms with Gasteiger partial charge in [0.25, 0.3) is 0 Å². The summed E-state index contributed by atoms with van der Waals surface area (Å²) in [7, 11) is 0. The van der Waals surface area contributed by atoms with Crippen LogP contribution in [0, 0.1) is 6.92 Å². The molecular weight excluding hydrogens is 194 g/mol. The van der Waals surface area contributed by atoms with Gasteiger partial charge in [0, 0.05) is 16.4 Å². The molecule has 0 aliphatic carbocycles. The number of unbranched alkanes of at least 4 members (excludes halogenated alkanes) is 1. The van der Waals surface area contributed by atoms with Crippen LogP contribution in [0.2, 0.25) is 5.02 Å². The molecule has 1 heterocycles. The number of aryl methyl sites for hydroxylation is 1. The summed E-state index contributed by atoms with van der Waals surface area (Å²) in [5, 5.41) is 0.802. The number of nitrogens with zero attached hydrogens (tertiary/aromatic N) is 1. The first-order valence-corrected chi connectivity index (χ1v) is 5.65. The zero-order valence-electron chi connectivity index (χ0n) is 9.18. The van der Waals surface area contributed by atoms with Gasteiger partial charge in [-0.3, -0.25) is 4.98 Å². The van der Waals surface area contributed by atoms with Gasteiger partial charge in [-0.2, -0.15) is 0 Å². The smallest absolute Gasteiger partial charge is 0.0449 e. The van der Waals surface area contributed by atoms with Crippen molar-refractivity contribution < 1.29 is 0 Å². The lowest BCUT2D eigenvalue weighted by molar-refractivity contribution is 0.610. The Hall–Kier alpha value is -0.560. The monoisotopic (exact) mass is 211 g/mol. The molecule has 0 bridgehead atoms. The number of pyridine rings is 1. The Kier molecular flexibility index (Phi) is 4.40. The second-order valence-corrected chi connectivity index (χ2v) is 4.33. The second kappa shape index (κ2) is 5.35. The number of aromatic nitrogens is 1. The number of hydrogen-bond acceptors (Lipinski definition) is 1. The van der Waals surface area contributed by atoms with Crippen molar-refractivity contribution in [3.8, 4) is 0 Å². The van der Waals surface area contributed by atoms with E-state index in [2.05, 4.69) is 18.8 Å². The standard InChI is InChI=1S/C12H18ClN/c1-4-5-6-9(2)12-8-11(13)7-10(3)14-12/h7-9H,4-6H2,1-3H3/t9-/m1/s1. The molecule has 0 saturated heterocycles. The number of halogens is 1. The van der Waals surface area contributed by atoms with E-state index in [-0.39, 0.29) is 0 Å². The minimum atomic E-state index is 0.521. The van der Waals surface area contributed by atoms with Crippen molar-refractivity contribution in [3.63, 3.8) is 0 Å². The highest BCUT2D eigenvalue weighted by atomic mass is 35.5. The zero-order chi connectivity index (χ0) is 10.6. The molecule has 0 fully saturated rings. The molecule has 0 unspecified atom stereocenters. The maximum atomic E-state index is 5.99. The van der Waals surface area contributed by atoms with Crippen molar-refractivity contribution in [1.82, 2.24) is 4.98 Å². The van der Waals surface area contributed by atoms with Gasteiger partial charge >= 0.3 is 0 Å². The molecule has 0 amide bonds. The van der Waals surface area contributed by atoms with Crippen LogP contribution < -0.4 is 0 Å². The summed E-state index contributed by atoms with van der Waals surface area (Å²) in [4.78, 5) is 4.50. The van der Waals surface area contributed by atoms with Gasteiger partial charge in [-0.05, 0) is 31.4 Å². The molecule has 14 heavy (non-hydrogen) atoms. The van der Waals surface area contributed by atoms with Crippen LogP contribution in [0.25, 0.3) is 0 Å².